The van der Waals surface area contributed by atoms with Crippen LogP contribution in [0, 0.1) is 5.92 Å². The summed E-state index contributed by atoms with van der Waals surface area (Å²) in [5, 5.41) is 0. The molecule has 0 saturated carbocycles. The van der Waals surface area contributed by atoms with Crippen LogP contribution in [-0.2, 0) is 18.3 Å². The van der Waals surface area contributed by atoms with Gasteiger partial charge in [0, 0.05) is 15.8 Å². The molecule has 20 heavy (non-hydrogen) atoms. The Labute approximate surface area is 125 Å². The predicted octanol–water partition coefficient (Wildman–Crippen LogP) is 4.46. The first-order valence-electron chi connectivity index (χ1n) is 7.38. The van der Waals surface area contributed by atoms with E-state index in [1.54, 1.807) is 0 Å². The predicted molar refractivity (Wildman–Crippen MR) is 87.3 cm³/mol. The number of fused-ring (bicyclic) bond motifs is 1. The molecule has 3 rings (SSSR count). The third-order valence-corrected chi connectivity index (χ3v) is 5.90. The largest absolute Gasteiger partial charge is 0.323 e. The first-order valence-corrected chi connectivity index (χ1v) is 8.19. The van der Waals surface area contributed by atoms with Crippen molar-refractivity contribution < 1.29 is 0 Å². The average Bonchev–Trinajstić information content (AvgIpc) is 3.04. The lowest BCUT2D eigenvalue weighted by Gasteiger charge is -2.18. The van der Waals surface area contributed by atoms with Crippen LogP contribution in [-0.4, -0.2) is 0 Å². The Bertz CT molecular complexity index is 581. The fraction of sp³-hybridized carbons (Fsp3) is 0.444. The molecular weight excluding hydrogens is 262 g/mol. The molecule has 1 aromatic heterocycles. The van der Waals surface area contributed by atoms with Crippen LogP contribution in [0.5, 0.6) is 0 Å². The van der Waals surface area contributed by atoms with Crippen LogP contribution in [0.15, 0.2) is 36.4 Å². The van der Waals surface area contributed by atoms with Crippen LogP contribution in [0.3, 0.4) is 0 Å². The Kier molecular flexibility index (Phi) is 3.47. The second-order valence-corrected chi connectivity index (χ2v) is 8.03. The fourth-order valence-corrected chi connectivity index (χ4v) is 4.18. The summed E-state index contributed by atoms with van der Waals surface area (Å²) in [5.41, 5.74) is 9.74. The van der Waals surface area contributed by atoms with Crippen molar-refractivity contribution in [3.05, 3.63) is 57.3 Å². The maximum Gasteiger partial charge on any atom is 0.0424 e. The summed E-state index contributed by atoms with van der Waals surface area (Å²) in [7, 11) is 0. The van der Waals surface area contributed by atoms with Gasteiger partial charge >= 0.3 is 0 Å². The Morgan fingerprint density at radius 1 is 1.05 bits per heavy atom. The summed E-state index contributed by atoms with van der Waals surface area (Å²) in [5.74, 6) is 0.555. The van der Waals surface area contributed by atoms with Crippen LogP contribution in [0.2, 0.25) is 0 Å². The Morgan fingerprint density at radius 3 is 2.15 bits per heavy atom. The van der Waals surface area contributed by atoms with Gasteiger partial charge in [-0.3, -0.25) is 0 Å². The van der Waals surface area contributed by atoms with E-state index in [0.29, 0.717) is 5.92 Å². The normalized spacial score (nSPS) is 17.2. The van der Waals surface area contributed by atoms with E-state index in [1.165, 1.54) is 20.9 Å². The number of rotatable bonds is 2. The van der Waals surface area contributed by atoms with E-state index in [2.05, 4.69) is 57.2 Å². The van der Waals surface area contributed by atoms with E-state index < -0.39 is 0 Å². The Balaban J connectivity index is 1.78. The molecule has 0 bridgehead atoms. The minimum atomic E-state index is 0.170. The quantitative estimate of drug-likeness (QED) is 0.866. The molecule has 1 aromatic carbocycles. The van der Waals surface area contributed by atoms with Gasteiger partial charge in [0.15, 0.2) is 0 Å². The molecule has 0 aliphatic heterocycles. The highest BCUT2D eigenvalue weighted by Gasteiger charge is 2.28. The van der Waals surface area contributed by atoms with Crippen LogP contribution in [0.4, 0.5) is 0 Å². The number of nitrogens with two attached hydrogens (primary N) is 1. The first kappa shape index (κ1) is 13.8. The van der Waals surface area contributed by atoms with Crippen LogP contribution >= 0.6 is 11.3 Å². The molecule has 106 valence electrons. The fourth-order valence-electron chi connectivity index (χ4n) is 3.01. The van der Waals surface area contributed by atoms with Gasteiger partial charge in [0.1, 0.15) is 0 Å². The number of benzene rings is 1. The lowest BCUT2D eigenvalue weighted by atomic mass is 9.94. The first-order chi connectivity index (χ1) is 9.45. The molecule has 1 nitrogen and oxygen atoms in total. The second-order valence-electron chi connectivity index (χ2n) is 6.91. The van der Waals surface area contributed by atoms with Gasteiger partial charge in [-0.2, -0.15) is 0 Å². The zero-order valence-corrected chi connectivity index (χ0v) is 13.3. The van der Waals surface area contributed by atoms with E-state index in [-0.39, 0.29) is 11.5 Å². The highest BCUT2D eigenvalue weighted by atomic mass is 32.1. The van der Waals surface area contributed by atoms with Gasteiger partial charge in [-0.25, -0.2) is 0 Å². The minimum Gasteiger partial charge on any atom is -0.323 e. The van der Waals surface area contributed by atoms with Crippen molar-refractivity contribution in [3.63, 3.8) is 0 Å². The van der Waals surface area contributed by atoms with Gasteiger partial charge in [0.25, 0.3) is 0 Å². The Morgan fingerprint density at radius 2 is 1.65 bits per heavy atom. The lowest BCUT2D eigenvalue weighted by Crippen LogP contribution is -2.20. The zero-order valence-electron chi connectivity index (χ0n) is 12.5. The molecule has 1 unspecified atom stereocenters. The smallest absolute Gasteiger partial charge is 0.0424 e. The molecule has 1 aliphatic rings. The van der Waals surface area contributed by atoms with E-state index in [1.807, 2.05) is 11.3 Å². The van der Waals surface area contributed by atoms with Gasteiger partial charge < -0.3 is 5.73 Å². The van der Waals surface area contributed by atoms with E-state index >= 15 is 0 Å². The third kappa shape index (κ3) is 2.55. The molecule has 2 N–H and O–H groups in total. The minimum absolute atomic E-state index is 0.170. The van der Waals surface area contributed by atoms with Crippen molar-refractivity contribution in [1.82, 2.24) is 0 Å². The van der Waals surface area contributed by atoms with Crippen LogP contribution < -0.4 is 5.73 Å². The van der Waals surface area contributed by atoms with Crippen molar-refractivity contribution in [2.24, 2.45) is 11.7 Å². The standard InChI is InChI=1S/C18H23NS/c1-18(2,3)16-9-8-15(20-16)17(19)14-10-12-6-4-5-7-13(12)11-14/h4-9,14,17H,10-11,19H2,1-3H3. The number of thiophene rings is 1. The number of hydrogen-bond donors (Lipinski definition) is 1. The average molecular weight is 285 g/mol. The molecule has 2 aromatic rings. The van der Waals surface area contributed by atoms with Crippen molar-refractivity contribution in [2.75, 3.05) is 0 Å². The van der Waals surface area contributed by atoms with Crippen LogP contribution in [0.1, 0.15) is 47.7 Å². The van der Waals surface area contributed by atoms with Gasteiger partial charge in [0.2, 0.25) is 0 Å². The maximum absolute atomic E-state index is 6.55. The zero-order chi connectivity index (χ0) is 14.3. The molecule has 0 amide bonds. The van der Waals surface area contributed by atoms with Gasteiger partial charge in [-0.15, -0.1) is 11.3 Å². The SMILES string of the molecule is CC(C)(C)c1ccc(C(N)C2Cc3ccccc3C2)s1. The summed E-state index contributed by atoms with van der Waals surface area (Å²) in [4.78, 5) is 2.77. The Hall–Kier alpha value is -1.12. The molecule has 0 radical (unpaired) electrons. The van der Waals surface area contributed by atoms with Crippen molar-refractivity contribution >= 4 is 11.3 Å². The van der Waals surface area contributed by atoms with Gasteiger partial charge in [-0.1, -0.05) is 45.0 Å². The van der Waals surface area contributed by atoms with E-state index in [9.17, 15) is 0 Å². The van der Waals surface area contributed by atoms with Crippen LogP contribution in [0.25, 0.3) is 0 Å². The maximum atomic E-state index is 6.55. The highest BCUT2D eigenvalue weighted by Crippen LogP contribution is 2.38. The molecule has 0 spiro atoms. The molecule has 0 fully saturated rings. The molecular formula is C18H23NS. The summed E-state index contributed by atoms with van der Waals surface area (Å²) >= 11 is 1.89. The molecule has 1 atom stereocenters. The summed E-state index contributed by atoms with van der Waals surface area (Å²) < 4.78 is 0. The topological polar surface area (TPSA) is 26.0 Å². The van der Waals surface area contributed by atoms with Gasteiger partial charge in [-0.05, 0) is 47.4 Å². The molecule has 1 heterocycles. The van der Waals surface area contributed by atoms with E-state index in [0.717, 1.165) is 12.8 Å². The van der Waals surface area contributed by atoms with Crippen molar-refractivity contribution in [3.8, 4) is 0 Å². The van der Waals surface area contributed by atoms with Gasteiger partial charge in [0.05, 0.1) is 0 Å². The molecule has 1 aliphatic carbocycles. The van der Waals surface area contributed by atoms with Crippen molar-refractivity contribution in [2.45, 2.75) is 45.1 Å². The molecule has 2 heteroatoms. The summed E-state index contributed by atoms with van der Waals surface area (Å²) in [6.45, 7) is 6.79. The molecule has 0 saturated heterocycles. The monoisotopic (exact) mass is 285 g/mol. The lowest BCUT2D eigenvalue weighted by molar-refractivity contribution is 0.459. The second kappa shape index (κ2) is 5.01. The summed E-state index contributed by atoms with van der Waals surface area (Å²) in [6.07, 6.45) is 2.25. The summed E-state index contributed by atoms with van der Waals surface area (Å²) in [6, 6.07) is 13.4. The van der Waals surface area contributed by atoms with E-state index in [4.69, 9.17) is 5.73 Å². The third-order valence-electron chi connectivity index (χ3n) is 4.28. The highest BCUT2D eigenvalue weighted by molar-refractivity contribution is 7.12. The number of hydrogen-bond acceptors (Lipinski definition) is 2. The van der Waals surface area contributed by atoms with Crippen molar-refractivity contribution in [1.29, 1.82) is 0 Å².